The molecule has 78 valence electrons. The van der Waals surface area contributed by atoms with E-state index in [0.29, 0.717) is 10.9 Å². The van der Waals surface area contributed by atoms with Gasteiger partial charge in [0.05, 0.1) is 17.1 Å². The molecule has 1 unspecified atom stereocenters. The molecule has 0 spiro atoms. The van der Waals surface area contributed by atoms with E-state index >= 15 is 0 Å². The normalized spacial score (nSPS) is 12.9. The monoisotopic (exact) mass is 211 g/mol. The summed E-state index contributed by atoms with van der Waals surface area (Å²) in [5.74, 6) is 0.844. The summed E-state index contributed by atoms with van der Waals surface area (Å²) in [7, 11) is 0. The van der Waals surface area contributed by atoms with E-state index in [1.165, 1.54) is 0 Å². The van der Waals surface area contributed by atoms with Gasteiger partial charge >= 0.3 is 0 Å². The minimum Gasteiger partial charge on any atom is -0.396 e. The molecule has 0 amide bonds. The topological polar surface area (TPSA) is 51.8 Å². The standard InChI is InChI=1S/C10H17N3S/c1-4-8(14)5-9-12-6(2)10(11)7(3)13-9/h8,14H,4-5,11H2,1-3H3. The van der Waals surface area contributed by atoms with Gasteiger partial charge in [0.2, 0.25) is 0 Å². The number of rotatable bonds is 3. The van der Waals surface area contributed by atoms with Crippen molar-refractivity contribution in [3.05, 3.63) is 17.2 Å². The highest BCUT2D eigenvalue weighted by Gasteiger charge is 2.08. The van der Waals surface area contributed by atoms with Gasteiger partial charge in [0.25, 0.3) is 0 Å². The summed E-state index contributed by atoms with van der Waals surface area (Å²) in [6.45, 7) is 5.93. The second-order valence-electron chi connectivity index (χ2n) is 3.49. The Bertz CT molecular complexity index is 302. The Kier molecular flexibility index (Phi) is 3.75. The van der Waals surface area contributed by atoms with E-state index in [1.54, 1.807) is 0 Å². The number of hydrogen-bond acceptors (Lipinski definition) is 4. The first-order valence-corrected chi connectivity index (χ1v) is 5.33. The summed E-state index contributed by atoms with van der Waals surface area (Å²) in [5, 5.41) is 0.331. The molecular weight excluding hydrogens is 194 g/mol. The van der Waals surface area contributed by atoms with E-state index in [-0.39, 0.29) is 0 Å². The van der Waals surface area contributed by atoms with E-state index in [2.05, 4.69) is 29.5 Å². The van der Waals surface area contributed by atoms with Crippen LogP contribution in [0.2, 0.25) is 0 Å². The molecule has 2 N–H and O–H groups in total. The first-order chi connectivity index (χ1) is 6.54. The molecular formula is C10H17N3S. The van der Waals surface area contributed by atoms with Crippen molar-refractivity contribution < 1.29 is 0 Å². The number of nitrogens with two attached hydrogens (primary N) is 1. The molecule has 0 aliphatic carbocycles. The van der Waals surface area contributed by atoms with Crippen LogP contribution >= 0.6 is 12.6 Å². The molecule has 0 bridgehead atoms. The van der Waals surface area contributed by atoms with Gasteiger partial charge in [-0.3, -0.25) is 0 Å². The molecule has 1 rings (SSSR count). The number of nitrogen functional groups attached to an aromatic ring is 1. The highest BCUT2D eigenvalue weighted by molar-refractivity contribution is 7.80. The molecule has 0 fully saturated rings. The van der Waals surface area contributed by atoms with Gasteiger partial charge in [-0.05, 0) is 20.3 Å². The van der Waals surface area contributed by atoms with Crippen LogP contribution in [0.5, 0.6) is 0 Å². The second-order valence-corrected chi connectivity index (χ2v) is 4.22. The van der Waals surface area contributed by atoms with Crippen molar-refractivity contribution in [2.45, 2.75) is 38.9 Å². The number of hydrogen-bond donors (Lipinski definition) is 2. The van der Waals surface area contributed by atoms with Crippen LogP contribution in [0.4, 0.5) is 5.69 Å². The van der Waals surface area contributed by atoms with E-state index in [4.69, 9.17) is 5.73 Å². The predicted molar refractivity (Wildman–Crippen MR) is 62.7 cm³/mol. The first-order valence-electron chi connectivity index (χ1n) is 4.82. The molecule has 0 aliphatic rings. The van der Waals surface area contributed by atoms with E-state index < -0.39 is 0 Å². The molecule has 1 aromatic heterocycles. The summed E-state index contributed by atoms with van der Waals surface area (Å²) in [4.78, 5) is 8.67. The highest BCUT2D eigenvalue weighted by atomic mass is 32.1. The molecule has 3 nitrogen and oxygen atoms in total. The van der Waals surface area contributed by atoms with Crippen molar-refractivity contribution in [3.63, 3.8) is 0 Å². The maximum absolute atomic E-state index is 5.77. The molecule has 14 heavy (non-hydrogen) atoms. The highest BCUT2D eigenvalue weighted by Crippen LogP contribution is 2.14. The Labute approximate surface area is 90.6 Å². The van der Waals surface area contributed by atoms with Gasteiger partial charge in [0, 0.05) is 11.7 Å². The lowest BCUT2D eigenvalue weighted by atomic mass is 10.2. The maximum atomic E-state index is 5.77. The van der Waals surface area contributed by atoms with E-state index in [1.807, 2.05) is 13.8 Å². The molecule has 1 heterocycles. The largest absolute Gasteiger partial charge is 0.396 e. The van der Waals surface area contributed by atoms with Crippen LogP contribution < -0.4 is 5.73 Å². The fraction of sp³-hybridized carbons (Fsp3) is 0.600. The van der Waals surface area contributed by atoms with Crippen molar-refractivity contribution in [1.82, 2.24) is 9.97 Å². The zero-order valence-corrected chi connectivity index (χ0v) is 9.80. The minimum absolute atomic E-state index is 0.331. The third kappa shape index (κ3) is 2.61. The summed E-state index contributed by atoms with van der Waals surface area (Å²) in [5.41, 5.74) is 8.20. The van der Waals surface area contributed by atoms with Gasteiger partial charge in [0.15, 0.2) is 0 Å². The molecule has 1 atom stereocenters. The Morgan fingerprint density at radius 3 is 2.21 bits per heavy atom. The van der Waals surface area contributed by atoms with Gasteiger partial charge in [-0.25, -0.2) is 9.97 Å². The van der Waals surface area contributed by atoms with Crippen LogP contribution in [0.15, 0.2) is 0 Å². The number of anilines is 1. The molecule has 0 aliphatic heterocycles. The Morgan fingerprint density at radius 1 is 1.29 bits per heavy atom. The maximum Gasteiger partial charge on any atom is 0.130 e. The zero-order chi connectivity index (χ0) is 10.7. The van der Waals surface area contributed by atoms with Gasteiger partial charge in [-0.15, -0.1) is 0 Å². The molecule has 0 saturated heterocycles. The van der Waals surface area contributed by atoms with Gasteiger partial charge in [0.1, 0.15) is 5.82 Å². The molecule has 0 aromatic carbocycles. The average molecular weight is 211 g/mol. The lowest BCUT2D eigenvalue weighted by Crippen LogP contribution is -2.09. The molecule has 0 saturated carbocycles. The SMILES string of the molecule is CCC(S)Cc1nc(C)c(N)c(C)n1. The van der Waals surface area contributed by atoms with Crippen LogP contribution in [0, 0.1) is 13.8 Å². The second kappa shape index (κ2) is 4.64. The fourth-order valence-corrected chi connectivity index (χ4v) is 1.40. The van der Waals surface area contributed by atoms with Crippen LogP contribution in [0.25, 0.3) is 0 Å². The number of aryl methyl sites for hydroxylation is 2. The Morgan fingerprint density at radius 2 is 1.79 bits per heavy atom. The quantitative estimate of drug-likeness (QED) is 0.751. The third-order valence-electron chi connectivity index (χ3n) is 2.26. The van der Waals surface area contributed by atoms with Crippen molar-refractivity contribution >= 4 is 18.3 Å². The van der Waals surface area contributed by atoms with E-state index in [0.717, 1.165) is 30.1 Å². The van der Waals surface area contributed by atoms with Gasteiger partial charge in [-0.2, -0.15) is 12.6 Å². The van der Waals surface area contributed by atoms with Crippen LogP contribution in [-0.2, 0) is 6.42 Å². The van der Waals surface area contributed by atoms with E-state index in [9.17, 15) is 0 Å². The van der Waals surface area contributed by atoms with Crippen molar-refractivity contribution in [3.8, 4) is 0 Å². The summed E-state index contributed by atoms with van der Waals surface area (Å²) < 4.78 is 0. The van der Waals surface area contributed by atoms with Crippen molar-refractivity contribution in [2.24, 2.45) is 0 Å². The lowest BCUT2D eigenvalue weighted by molar-refractivity contribution is 0.765. The van der Waals surface area contributed by atoms with Crippen molar-refractivity contribution in [1.29, 1.82) is 0 Å². The Balaban J connectivity index is 2.89. The van der Waals surface area contributed by atoms with Gasteiger partial charge < -0.3 is 5.73 Å². The predicted octanol–water partition coefficient (Wildman–Crippen LogP) is 1.93. The number of thiol groups is 1. The number of nitrogens with zero attached hydrogens (tertiary/aromatic N) is 2. The summed E-state index contributed by atoms with van der Waals surface area (Å²) in [6.07, 6.45) is 1.83. The first kappa shape index (κ1) is 11.3. The van der Waals surface area contributed by atoms with Crippen molar-refractivity contribution in [2.75, 3.05) is 5.73 Å². The summed E-state index contributed by atoms with van der Waals surface area (Å²) in [6, 6.07) is 0. The summed E-state index contributed by atoms with van der Waals surface area (Å²) >= 11 is 4.42. The minimum atomic E-state index is 0.331. The molecule has 1 aromatic rings. The third-order valence-corrected chi connectivity index (χ3v) is 2.81. The van der Waals surface area contributed by atoms with Gasteiger partial charge in [-0.1, -0.05) is 6.92 Å². The van der Waals surface area contributed by atoms with Crippen LogP contribution in [0.3, 0.4) is 0 Å². The van der Waals surface area contributed by atoms with Crippen LogP contribution in [0.1, 0.15) is 30.6 Å². The smallest absolute Gasteiger partial charge is 0.130 e. The van der Waals surface area contributed by atoms with Crippen LogP contribution in [-0.4, -0.2) is 15.2 Å². The Hall–Kier alpha value is -0.770. The fourth-order valence-electron chi connectivity index (χ4n) is 1.24. The molecule has 4 heteroatoms. The molecule has 0 radical (unpaired) electrons. The average Bonchev–Trinajstić information content (AvgIpc) is 2.14. The zero-order valence-electron chi connectivity index (χ0n) is 8.91. The lowest BCUT2D eigenvalue weighted by Gasteiger charge is -2.09. The number of aromatic nitrogens is 2.